The average molecular weight is 333 g/mol. The Morgan fingerprint density at radius 2 is 2.04 bits per heavy atom. The molecule has 130 valence electrons. The van der Waals surface area contributed by atoms with Crippen LogP contribution in [0, 0.1) is 0 Å². The van der Waals surface area contributed by atoms with Gasteiger partial charge in [-0.05, 0) is 49.1 Å². The van der Waals surface area contributed by atoms with Crippen LogP contribution in [0.15, 0.2) is 12.1 Å². The molecule has 0 bridgehead atoms. The lowest BCUT2D eigenvalue weighted by Gasteiger charge is -2.39. The molecule has 1 aromatic rings. The summed E-state index contributed by atoms with van der Waals surface area (Å²) < 4.78 is 16.5. The van der Waals surface area contributed by atoms with Gasteiger partial charge in [0.25, 0.3) is 0 Å². The Labute approximate surface area is 140 Å². The molecule has 0 radical (unpaired) electrons. The van der Waals surface area contributed by atoms with Gasteiger partial charge in [0.2, 0.25) is 6.79 Å². The van der Waals surface area contributed by atoms with Crippen LogP contribution in [-0.4, -0.2) is 59.5 Å². The van der Waals surface area contributed by atoms with E-state index in [2.05, 4.69) is 4.90 Å². The Kier molecular flexibility index (Phi) is 3.02. The average Bonchev–Trinajstić information content (AvgIpc) is 3.22. The molecule has 1 saturated carbocycles. The van der Waals surface area contributed by atoms with Crippen molar-refractivity contribution in [2.24, 2.45) is 0 Å². The zero-order valence-electron chi connectivity index (χ0n) is 13.8. The van der Waals surface area contributed by atoms with Gasteiger partial charge in [0.15, 0.2) is 17.3 Å². The van der Waals surface area contributed by atoms with Crippen molar-refractivity contribution in [1.82, 2.24) is 4.90 Å². The van der Waals surface area contributed by atoms with Crippen molar-refractivity contribution in [2.45, 2.75) is 49.0 Å². The second-order valence-electron chi connectivity index (χ2n) is 7.50. The van der Waals surface area contributed by atoms with E-state index >= 15 is 0 Å². The Balaban J connectivity index is 1.70. The second kappa shape index (κ2) is 4.85. The second-order valence-corrected chi connectivity index (χ2v) is 7.50. The lowest BCUT2D eigenvalue weighted by molar-refractivity contribution is -0.231. The molecule has 1 spiro atoms. The minimum absolute atomic E-state index is 0.183. The monoisotopic (exact) mass is 333 g/mol. The number of rotatable bonds is 1. The summed E-state index contributed by atoms with van der Waals surface area (Å²) in [7, 11) is 1.48. The van der Waals surface area contributed by atoms with Crippen LogP contribution in [0.2, 0.25) is 0 Å². The molecular weight excluding hydrogens is 310 g/mol. The molecule has 4 aliphatic rings. The number of ether oxygens (including phenoxy) is 3. The van der Waals surface area contributed by atoms with E-state index in [0.29, 0.717) is 6.42 Å². The first-order valence-electron chi connectivity index (χ1n) is 8.70. The van der Waals surface area contributed by atoms with Crippen LogP contribution in [0.3, 0.4) is 0 Å². The van der Waals surface area contributed by atoms with Crippen molar-refractivity contribution in [3.8, 4) is 11.5 Å². The van der Waals surface area contributed by atoms with E-state index in [4.69, 9.17) is 14.2 Å². The van der Waals surface area contributed by atoms with Crippen LogP contribution >= 0.6 is 0 Å². The number of fused-ring (bicyclic) bond motifs is 3. The van der Waals surface area contributed by atoms with Crippen molar-refractivity contribution in [3.05, 3.63) is 23.3 Å². The molecule has 1 saturated heterocycles. The van der Waals surface area contributed by atoms with Crippen LogP contribution in [0.1, 0.15) is 36.3 Å². The molecule has 3 aliphatic heterocycles. The van der Waals surface area contributed by atoms with E-state index in [1.807, 2.05) is 12.1 Å². The number of nitrogens with zero attached hydrogens (tertiary/aromatic N) is 1. The van der Waals surface area contributed by atoms with Crippen molar-refractivity contribution in [1.29, 1.82) is 0 Å². The van der Waals surface area contributed by atoms with Gasteiger partial charge in [-0.25, -0.2) is 0 Å². The van der Waals surface area contributed by atoms with Gasteiger partial charge >= 0.3 is 0 Å². The summed E-state index contributed by atoms with van der Waals surface area (Å²) >= 11 is 0. The predicted molar refractivity (Wildman–Crippen MR) is 85.1 cm³/mol. The molecule has 2 N–H and O–H groups in total. The van der Waals surface area contributed by atoms with Crippen molar-refractivity contribution >= 4 is 0 Å². The quantitative estimate of drug-likeness (QED) is 0.747. The van der Waals surface area contributed by atoms with Gasteiger partial charge in [0.05, 0.1) is 0 Å². The molecule has 6 nitrogen and oxygen atoms in total. The number of hydrogen-bond donors (Lipinski definition) is 2. The lowest BCUT2D eigenvalue weighted by Crippen LogP contribution is -2.46. The summed E-state index contributed by atoms with van der Waals surface area (Å²) in [6.45, 7) is 2.17. The summed E-state index contributed by atoms with van der Waals surface area (Å²) in [6, 6.07) is 4.06. The van der Waals surface area contributed by atoms with Gasteiger partial charge in [-0.2, -0.15) is 0 Å². The first kappa shape index (κ1) is 15.0. The third-order valence-corrected chi connectivity index (χ3v) is 6.56. The van der Waals surface area contributed by atoms with Gasteiger partial charge in [0, 0.05) is 31.5 Å². The largest absolute Gasteiger partial charge is 0.454 e. The Hall–Kier alpha value is -1.34. The maximum atomic E-state index is 11.0. The molecule has 2 fully saturated rings. The number of aliphatic hydroxyl groups is 2. The smallest absolute Gasteiger partial charge is 0.231 e. The summed E-state index contributed by atoms with van der Waals surface area (Å²) in [5.74, 6) is -0.176. The molecule has 0 unspecified atom stereocenters. The number of methoxy groups -OCH3 is 1. The van der Waals surface area contributed by atoms with Crippen molar-refractivity contribution in [3.63, 3.8) is 0 Å². The van der Waals surface area contributed by atoms with E-state index < -0.39 is 11.9 Å². The number of aliphatic hydroxyl groups excluding tert-OH is 1. The van der Waals surface area contributed by atoms with Gasteiger partial charge in [-0.3, -0.25) is 4.90 Å². The van der Waals surface area contributed by atoms with Gasteiger partial charge < -0.3 is 24.4 Å². The van der Waals surface area contributed by atoms with Gasteiger partial charge in [-0.15, -0.1) is 0 Å². The highest BCUT2D eigenvalue weighted by Gasteiger charge is 2.65. The molecule has 1 aliphatic carbocycles. The molecule has 6 heteroatoms. The van der Waals surface area contributed by atoms with Gasteiger partial charge in [-0.1, -0.05) is 0 Å². The highest BCUT2D eigenvalue weighted by atomic mass is 16.7. The van der Waals surface area contributed by atoms with E-state index in [1.54, 1.807) is 0 Å². The normalized spacial score (nSPS) is 40.1. The molecule has 3 heterocycles. The summed E-state index contributed by atoms with van der Waals surface area (Å²) in [6.07, 6.45) is 2.45. The molecule has 4 atom stereocenters. The van der Waals surface area contributed by atoms with E-state index in [0.717, 1.165) is 49.4 Å². The topological polar surface area (TPSA) is 71.4 Å². The third kappa shape index (κ3) is 1.74. The fourth-order valence-electron chi connectivity index (χ4n) is 5.46. The SMILES string of the molecule is CO[C@@]1(O)C[C@@]23CCCN2CCc2cc4c(cc2[C@@H]3[C@H]1O)OCO4. The van der Waals surface area contributed by atoms with Crippen molar-refractivity contribution < 1.29 is 24.4 Å². The molecular formula is C18H23NO5. The summed E-state index contributed by atoms with van der Waals surface area (Å²) in [5, 5.41) is 21.9. The molecule has 1 aromatic carbocycles. The molecule has 24 heavy (non-hydrogen) atoms. The highest BCUT2D eigenvalue weighted by molar-refractivity contribution is 5.52. The minimum atomic E-state index is -1.50. The maximum absolute atomic E-state index is 11.0. The van der Waals surface area contributed by atoms with Crippen LogP contribution in [0.25, 0.3) is 0 Å². The van der Waals surface area contributed by atoms with Crippen LogP contribution in [0.4, 0.5) is 0 Å². The zero-order chi connectivity index (χ0) is 16.5. The first-order chi connectivity index (χ1) is 11.6. The predicted octanol–water partition coefficient (Wildman–Crippen LogP) is 0.989. The Morgan fingerprint density at radius 1 is 1.25 bits per heavy atom. The van der Waals surface area contributed by atoms with E-state index in [9.17, 15) is 10.2 Å². The zero-order valence-corrected chi connectivity index (χ0v) is 13.8. The lowest BCUT2D eigenvalue weighted by atomic mass is 9.78. The van der Waals surface area contributed by atoms with E-state index in [-0.39, 0.29) is 18.2 Å². The molecule has 0 aromatic heterocycles. The number of benzene rings is 1. The van der Waals surface area contributed by atoms with Gasteiger partial charge in [0.1, 0.15) is 6.10 Å². The summed E-state index contributed by atoms with van der Waals surface area (Å²) in [5.41, 5.74) is 2.00. The highest BCUT2D eigenvalue weighted by Crippen LogP contribution is 2.58. The standard InChI is InChI=1S/C18H23NO5/c1-22-18(21)9-17-4-2-5-19(17)6-3-11-7-13-14(24-10-23-13)8-12(11)15(17)16(18)20/h7-8,15-16,20-21H,2-6,9-10H2,1H3/t15-,16-,17-,18+/m1/s1. The first-order valence-corrected chi connectivity index (χ1v) is 8.70. The minimum Gasteiger partial charge on any atom is -0.454 e. The van der Waals surface area contributed by atoms with E-state index in [1.165, 1.54) is 12.7 Å². The fourth-order valence-corrected chi connectivity index (χ4v) is 5.46. The Bertz CT molecular complexity index is 694. The molecule has 5 rings (SSSR count). The van der Waals surface area contributed by atoms with Crippen LogP contribution < -0.4 is 9.47 Å². The maximum Gasteiger partial charge on any atom is 0.231 e. The summed E-state index contributed by atoms with van der Waals surface area (Å²) in [4.78, 5) is 2.45. The molecule has 0 amide bonds. The third-order valence-electron chi connectivity index (χ3n) is 6.56. The van der Waals surface area contributed by atoms with Crippen LogP contribution in [0.5, 0.6) is 11.5 Å². The van der Waals surface area contributed by atoms with Crippen LogP contribution in [-0.2, 0) is 11.2 Å². The van der Waals surface area contributed by atoms with Crippen molar-refractivity contribution in [2.75, 3.05) is 27.0 Å². The fraction of sp³-hybridized carbons (Fsp3) is 0.667. The number of hydrogen-bond acceptors (Lipinski definition) is 6. The Morgan fingerprint density at radius 3 is 2.83 bits per heavy atom.